The molecular formula is C11H14ClF3N2O2S. The minimum absolute atomic E-state index is 0. The Labute approximate surface area is 121 Å². The molecule has 1 aliphatic rings. The summed E-state index contributed by atoms with van der Waals surface area (Å²) in [4.78, 5) is -0.650. The highest BCUT2D eigenvalue weighted by molar-refractivity contribution is 7.89. The van der Waals surface area contributed by atoms with E-state index >= 15 is 0 Å². The number of nitrogens with one attached hydrogen (secondary N) is 1. The van der Waals surface area contributed by atoms with Crippen LogP contribution in [0.5, 0.6) is 0 Å². The lowest BCUT2D eigenvalue weighted by Crippen LogP contribution is -2.41. The summed E-state index contributed by atoms with van der Waals surface area (Å²) >= 11 is 0. The molecule has 0 aliphatic heterocycles. The number of halogens is 4. The van der Waals surface area contributed by atoms with E-state index in [2.05, 4.69) is 4.72 Å². The first-order valence-electron chi connectivity index (χ1n) is 5.72. The standard InChI is InChI=1S/C11H13F3N2O2S.ClH/c12-8-3-7(4-9(13)11(8)14)19(17,18)16-10(5-15)6-1-2-6;/h3-4,6,10,16H,1-2,5,15H2;1H. The summed E-state index contributed by atoms with van der Waals surface area (Å²) in [5, 5.41) is 0. The quantitative estimate of drug-likeness (QED) is 0.804. The first kappa shape index (κ1) is 17.2. The van der Waals surface area contributed by atoms with Crippen molar-refractivity contribution < 1.29 is 21.6 Å². The maximum absolute atomic E-state index is 13.0. The highest BCUT2D eigenvalue weighted by Gasteiger charge is 2.33. The molecule has 0 radical (unpaired) electrons. The Bertz CT molecular complexity index is 570. The minimum atomic E-state index is -4.12. The van der Waals surface area contributed by atoms with E-state index in [9.17, 15) is 21.6 Å². The van der Waals surface area contributed by atoms with Crippen LogP contribution in [0.25, 0.3) is 0 Å². The lowest BCUT2D eigenvalue weighted by molar-refractivity contribution is 0.441. The zero-order valence-electron chi connectivity index (χ0n) is 10.3. The van der Waals surface area contributed by atoms with Crippen molar-refractivity contribution in [3.8, 4) is 0 Å². The van der Waals surface area contributed by atoms with Gasteiger partial charge in [-0.15, -0.1) is 12.4 Å². The summed E-state index contributed by atoms with van der Waals surface area (Å²) < 4.78 is 65.0. The third-order valence-electron chi connectivity index (χ3n) is 3.02. The van der Waals surface area contributed by atoms with Gasteiger partial charge in [0.15, 0.2) is 17.5 Å². The van der Waals surface area contributed by atoms with Crippen molar-refractivity contribution in [3.05, 3.63) is 29.6 Å². The Hall–Kier alpha value is -0.830. The molecular weight excluding hydrogens is 317 g/mol. The topological polar surface area (TPSA) is 72.2 Å². The van der Waals surface area contributed by atoms with E-state index in [1.807, 2.05) is 0 Å². The zero-order chi connectivity index (χ0) is 14.2. The molecule has 3 N–H and O–H groups in total. The third-order valence-corrected chi connectivity index (χ3v) is 4.49. The van der Waals surface area contributed by atoms with Gasteiger partial charge >= 0.3 is 0 Å². The molecule has 1 atom stereocenters. The molecule has 1 aromatic rings. The summed E-state index contributed by atoms with van der Waals surface area (Å²) in [6, 6.07) is 0.420. The van der Waals surface area contributed by atoms with E-state index in [0.717, 1.165) is 12.8 Å². The van der Waals surface area contributed by atoms with Crippen molar-refractivity contribution in [2.24, 2.45) is 11.7 Å². The van der Waals surface area contributed by atoms with E-state index in [4.69, 9.17) is 5.73 Å². The normalized spacial score (nSPS) is 16.6. The van der Waals surface area contributed by atoms with Gasteiger partial charge in [0.25, 0.3) is 0 Å². The number of nitrogens with two attached hydrogens (primary N) is 1. The smallest absolute Gasteiger partial charge is 0.241 e. The molecule has 9 heteroatoms. The van der Waals surface area contributed by atoms with Crippen LogP contribution in [0.3, 0.4) is 0 Å². The van der Waals surface area contributed by atoms with Crippen LogP contribution >= 0.6 is 12.4 Å². The fourth-order valence-corrected chi connectivity index (χ4v) is 3.13. The molecule has 0 bridgehead atoms. The fraction of sp³-hybridized carbons (Fsp3) is 0.455. The number of rotatable bonds is 5. The monoisotopic (exact) mass is 330 g/mol. The highest BCUT2D eigenvalue weighted by Crippen LogP contribution is 2.33. The molecule has 0 saturated heterocycles. The van der Waals surface area contributed by atoms with Crippen molar-refractivity contribution in [2.45, 2.75) is 23.8 Å². The lowest BCUT2D eigenvalue weighted by Gasteiger charge is -2.16. The number of hydrogen-bond donors (Lipinski definition) is 2. The van der Waals surface area contributed by atoms with Crippen LogP contribution in [-0.2, 0) is 10.0 Å². The van der Waals surface area contributed by atoms with Crippen LogP contribution < -0.4 is 10.5 Å². The molecule has 0 heterocycles. The summed E-state index contributed by atoms with van der Waals surface area (Å²) in [7, 11) is -4.12. The van der Waals surface area contributed by atoms with Crippen molar-refractivity contribution in [3.63, 3.8) is 0 Å². The second-order valence-corrected chi connectivity index (χ2v) is 6.22. The van der Waals surface area contributed by atoms with Crippen LogP contribution in [0, 0.1) is 23.4 Å². The lowest BCUT2D eigenvalue weighted by atomic mass is 10.2. The van der Waals surface area contributed by atoms with Gasteiger partial charge < -0.3 is 5.73 Å². The van der Waals surface area contributed by atoms with Gasteiger partial charge in [-0.25, -0.2) is 26.3 Å². The van der Waals surface area contributed by atoms with Crippen LogP contribution in [0.2, 0.25) is 0 Å². The molecule has 0 amide bonds. The molecule has 20 heavy (non-hydrogen) atoms. The van der Waals surface area contributed by atoms with Crippen LogP contribution in [0.4, 0.5) is 13.2 Å². The molecule has 2 rings (SSSR count). The Morgan fingerprint density at radius 1 is 1.25 bits per heavy atom. The van der Waals surface area contributed by atoms with Crippen molar-refractivity contribution in [1.82, 2.24) is 4.72 Å². The summed E-state index contributed by atoms with van der Waals surface area (Å²) in [5.74, 6) is -4.64. The number of sulfonamides is 1. The average molecular weight is 331 g/mol. The highest BCUT2D eigenvalue weighted by atomic mass is 35.5. The fourth-order valence-electron chi connectivity index (χ4n) is 1.79. The molecule has 1 aromatic carbocycles. The summed E-state index contributed by atoms with van der Waals surface area (Å²) in [6.45, 7) is 0.0933. The maximum atomic E-state index is 13.0. The molecule has 4 nitrogen and oxygen atoms in total. The Balaban J connectivity index is 0.00000200. The average Bonchev–Trinajstić information content (AvgIpc) is 3.16. The second-order valence-electron chi connectivity index (χ2n) is 4.50. The Kier molecular flexibility index (Phi) is 5.42. The van der Waals surface area contributed by atoms with Crippen LogP contribution in [0.1, 0.15) is 12.8 Å². The predicted octanol–water partition coefficient (Wildman–Crippen LogP) is 1.54. The largest absolute Gasteiger partial charge is 0.329 e. The molecule has 1 aliphatic carbocycles. The third kappa shape index (κ3) is 3.63. The summed E-state index contributed by atoms with van der Waals surface area (Å²) in [5.41, 5.74) is 5.45. The molecule has 114 valence electrons. The molecule has 1 saturated carbocycles. The van der Waals surface area contributed by atoms with E-state index in [-0.39, 0.29) is 24.9 Å². The Morgan fingerprint density at radius 2 is 1.75 bits per heavy atom. The van der Waals surface area contributed by atoms with E-state index < -0.39 is 38.4 Å². The predicted molar refractivity (Wildman–Crippen MR) is 69.5 cm³/mol. The molecule has 0 aromatic heterocycles. The van der Waals surface area contributed by atoms with Gasteiger partial charge in [-0.05, 0) is 30.9 Å². The number of hydrogen-bond acceptors (Lipinski definition) is 3. The molecule has 0 spiro atoms. The van der Waals surface area contributed by atoms with Crippen LogP contribution in [0.15, 0.2) is 17.0 Å². The first-order chi connectivity index (χ1) is 8.85. The van der Waals surface area contributed by atoms with Gasteiger partial charge in [0, 0.05) is 12.6 Å². The van der Waals surface area contributed by atoms with Gasteiger partial charge in [-0.3, -0.25) is 0 Å². The van der Waals surface area contributed by atoms with Gasteiger partial charge in [-0.1, -0.05) is 0 Å². The Morgan fingerprint density at radius 3 is 2.15 bits per heavy atom. The van der Waals surface area contributed by atoms with E-state index in [1.165, 1.54) is 0 Å². The van der Waals surface area contributed by atoms with Crippen molar-refractivity contribution >= 4 is 22.4 Å². The first-order valence-corrected chi connectivity index (χ1v) is 7.20. The zero-order valence-corrected chi connectivity index (χ0v) is 11.9. The van der Waals surface area contributed by atoms with Gasteiger partial charge in [-0.2, -0.15) is 0 Å². The van der Waals surface area contributed by atoms with E-state index in [0.29, 0.717) is 12.1 Å². The van der Waals surface area contributed by atoms with E-state index in [1.54, 1.807) is 0 Å². The molecule has 1 fully saturated rings. The van der Waals surface area contributed by atoms with Crippen molar-refractivity contribution in [1.29, 1.82) is 0 Å². The second kappa shape index (κ2) is 6.30. The molecule has 1 unspecified atom stereocenters. The number of benzene rings is 1. The minimum Gasteiger partial charge on any atom is -0.329 e. The van der Waals surface area contributed by atoms with Crippen LogP contribution in [-0.4, -0.2) is 21.0 Å². The van der Waals surface area contributed by atoms with Gasteiger partial charge in [0.1, 0.15) is 0 Å². The van der Waals surface area contributed by atoms with Gasteiger partial charge in [0.05, 0.1) is 4.90 Å². The maximum Gasteiger partial charge on any atom is 0.241 e. The van der Waals surface area contributed by atoms with Crippen molar-refractivity contribution in [2.75, 3.05) is 6.54 Å². The van der Waals surface area contributed by atoms with Gasteiger partial charge in [0.2, 0.25) is 10.0 Å². The SMILES string of the molecule is Cl.NCC(NS(=O)(=O)c1cc(F)c(F)c(F)c1)C1CC1. The summed E-state index contributed by atoms with van der Waals surface area (Å²) in [6.07, 6.45) is 1.72.